The summed E-state index contributed by atoms with van der Waals surface area (Å²) in [7, 11) is 0. The summed E-state index contributed by atoms with van der Waals surface area (Å²) in [6, 6.07) is 1.81. The smallest absolute Gasteiger partial charge is 0.236 e. The highest BCUT2D eigenvalue weighted by atomic mass is 16.2. The Bertz CT molecular complexity index is 267. The summed E-state index contributed by atoms with van der Waals surface area (Å²) in [4.78, 5) is 24.0. The zero-order chi connectivity index (χ0) is 9.84. The van der Waals surface area contributed by atoms with E-state index in [-0.39, 0.29) is 24.0 Å². The second-order valence-electron chi connectivity index (χ2n) is 3.29. The van der Waals surface area contributed by atoms with E-state index in [0.29, 0.717) is 19.5 Å². The molecular weight excluding hydrogens is 168 g/mol. The average Bonchev–Trinajstić information content (AvgIpc) is 2.10. The van der Waals surface area contributed by atoms with E-state index in [1.165, 1.54) is 0 Å². The van der Waals surface area contributed by atoms with Crippen molar-refractivity contribution in [3.63, 3.8) is 0 Å². The quantitative estimate of drug-likeness (QED) is 0.584. The number of nitriles is 1. The Balaban J connectivity index is 2.51. The maximum atomic E-state index is 11.2. The first-order valence-electron chi connectivity index (χ1n) is 4.32. The topological polar surface area (TPSA) is 61.2 Å². The molecule has 0 radical (unpaired) electrons. The van der Waals surface area contributed by atoms with Gasteiger partial charge >= 0.3 is 0 Å². The SMILES string of the molecule is CC1CN(C(=O)CC#N)CCC1=O. The summed E-state index contributed by atoms with van der Waals surface area (Å²) < 4.78 is 0. The number of ketones is 1. The molecule has 13 heavy (non-hydrogen) atoms. The van der Waals surface area contributed by atoms with Crippen LogP contribution in [0.2, 0.25) is 0 Å². The summed E-state index contributed by atoms with van der Waals surface area (Å²) in [5, 5.41) is 8.32. The summed E-state index contributed by atoms with van der Waals surface area (Å²) in [6.45, 7) is 2.76. The van der Waals surface area contributed by atoms with Crippen molar-refractivity contribution in [3.8, 4) is 6.07 Å². The molecule has 0 aromatic carbocycles. The van der Waals surface area contributed by atoms with Gasteiger partial charge in [-0.3, -0.25) is 9.59 Å². The minimum atomic E-state index is -0.165. The van der Waals surface area contributed by atoms with Gasteiger partial charge in [0.15, 0.2) is 0 Å². The van der Waals surface area contributed by atoms with Gasteiger partial charge < -0.3 is 4.90 Å². The summed E-state index contributed by atoms with van der Waals surface area (Å²) in [5.41, 5.74) is 0. The van der Waals surface area contributed by atoms with Crippen LogP contribution in [0.25, 0.3) is 0 Å². The number of nitrogens with zero attached hydrogens (tertiary/aromatic N) is 2. The number of carbonyl (C=O) groups excluding carboxylic acids is 2. The predicted octanol–water partition coefficient (Wildman–Crippen LogP) is 0.338. The summed E-state index contributed by atoms with van der Waals surface area (Å²) in [6.07, 6.45) is 0.346. The highest BCUT2D eigenvalue weighted by Gasteiger charge is 2.25. The number of piperidine rings is 1. The molecule has 0 aromatic heterocycles. The van der Waals surface area contributed by atoms with Crippen molar-refractivity contribution in [1.29, 1.82) is 5.26 Å². The van der Waals surface area contributed by atoms with E-state index in [0.717, 1.165) is 0 Å². The lowest BCUT2D eigenvalue weighted by molar-refractivity contribution is -0.136. The van der Waals surface area contributed by atoms with E-state index in [2.05, 4.69) is 0 Å². The van der Waals surface area contributed by atoms with Crippen molar-refractivity contribution >= 4 is 11.7 Å². The molecule has 1 saturated heterocycles. The fourth-order valence-electron chi connectivity index (χ4n) is 1.42. The van der Waals surface area contributed by atoms with Gasteiger partial charge in [-0.2, -0.15) is 5.26 Å². The third kappa shape index (κ3) is 2.28. The van der Waals surface area contributed by atoms with Crippen LogP contribution >= 0.6 is 0 Å². The number of likely N-dealkylation sites (tertiary alicyclic amines) is 1. The van der Waals surface area contributed by atoms with Gasteiger partial charge in [0.25, 0.3) is 0 Å². The molecule has 1 heterocycles. The highest BCUT2D eigenvalue weighted by molar-refractivity contribution is 5.85. The molecule has 4 heteroatoms. The lowest BCUT2D eigenvalue weighted by atomic mass is 9.98. The van der Waals surface area contributed by atoms with E-state index < -0.39 is 0 Å². The van der Waals surface area contributed by atoms with E-state index in [1.54, 1.807) is 4.90 Å². The molecule has 1 unspecified atom stereocenters. The number of amides is 1. The number of rotatable bonds is 1. The maximum absolute atomic E-state index is 11.2. The van der Waals surface area contributed by atoms with Crippen LogP contribution in [0.15, 0.2) is 0 Å². The Morgan fingerprint density at radius 3 is 3.00 bits per heavy atom. The molecule has 0 aliphatic carbocycles. The first-order chi connectivity index (χ1) is 6.15. The standard InChI is InChI=1S/C9H12N2O2/c1-7-6-11(5-3-8(7)12)9(13)2-4-10/h7H,2-3,5-6H2,1H3. The molecule has 1 rings (SSSR count). The van der Waals surface area contributed by atoms with E-state index in [9.17, 15) is 9.59 Å². The third-order valence-corrected chi connectivity index (χ3v) is 2.26. The minimum Gasteiger partial charge on any atom is -0.341 e. The van der Waals surface area contributed by atoms with Gasteiger partial charge in [0.1, 0.15) is 12.2 Å². The molecule has 4 nitrogen and oxygen atoms in total. The zero-order valence-corrected chi connectivity index (χ0v) is 7.62. The van der Waals surface area contributed by atoms with Crippen LogP contribution in [0.1, 0.15) is 19.8 Å². The van der Waals surface area contributed by atoms with E-state index in [4.69, 9.17) is 5.26 Å². The van der Waals surface area contributed by atoms with Crippen molar-refractivity contribution in [1.82, 2.24) is 4.90 Å². The molecule has 0 aromatic rings. The van der Waals surface area contributed by atoms with Crippen molar-refractivity contribution in [3.05, 3.63) is 0 Å². The van der Waals surface area contributed by atoms with Crippen molar-refractivity contribution in [2.45, 2.75) is 19.8 Å². The fourth-order valence-corrected chi connectivity index (χ4v) is 1.42. The van der Waals surface area contributed by atoms with Crippen molar-refractivity contribution in [2.24, 2.45) is 5.92 Å². The van der Waals surface area contributed by atoms with Gasteiger partial charge in [-0.15, -0.1) is 0 Å². The Hall–Kier alpha value is -1.37. The van der Waals surface area contributed by atoms with Crippen LogP contribution in [0.3, 0.4) is 0 Å². The molecular formula is C9H12N2O2. The van der Waals surface area contributed by atoms with E-state index >= 15 is 0 Å². The van der Waals surface area contributed by atoms with E-state index in [1.807, 2.05) is 13.0 Å². The van der Waals surface area contributed by atoms with Gasteiger partial charge in [0, 0.05) is 25.4 Å². The second kappa shape index (κ2) is 4.04. The summed E-state index contributed by atoms with van der Waals surface area (Å²) in [5.74, 6) is -0.0285. The Morgan fingerprint density at radius 1 is 1.77 bits per heavy atom. The molecule has 0 bridgehead atoms. The number of hydrogen-bond acceptors (Lipinski definition) is 3. The van der Waals surface area contributed by atoms with Gasteiger partial charge in [-0.25, -0.2) is 0 Å². The molecule has 1 aliphatic rings. The van der Waals surface area contributed by atoms with Gasteiger partial charge in [0.05, 0.1) is 6.07 Å². The summed E-state index contributed by atoms with van der Waals surface area (Å²) >= 11 is 0. The predicted molar refractivity (Wildman–Crippen MR) is 45.6 cm³/mol. The molecule has 1 atom stereocenters. The zero-order valence-electron chi connectivity index (χ0n) is 7.62. The number of hydrogen-bond donors (Lipinski definition) is 0. The normalized spacial score (nSPS) is 22.6. The van der Waals surface area contributed by atoms with Crippen molar-refractivity contribution < 1.29 is 9.59 Å². The highest BCUT2D eigenvalue weighted by Crippen LogP contribution is 2.12. The van der Waals surface area contributed by atoms with Crippen LogP contribution in [0.4, 0.5) is 0 Å². The van der Waals surface area contributed by atoms with Gasteiger partial charge in [0.2, 0.25) is 5.91 Å². The Morgan fingerprint density at radius 2 is 2.46 bits per heavy atom. The Labute approximate surface area is 77.1 Å². The van der Waals surface area contributed by atoms with Crippen LogP contribution in [-0.2, 0) is 9.59 Å². The monoisotopic (exact) mass is 180 g/mol. The molecule has 1 fully saturated rings. The van der Waals surface area contributed by atoms with Crippen LogP contribution in [-0.4, -0.2) is 29.7 Å². The second-order valence-corrected chi connectivity index (χ2v) is 3.29. The largest absolute Gasteiger partial charge is 0.341 e. The molecule has 0 saturated carbocycles. The molecule has 0 spiro atoms. The first kappa shape index (κ1) is 9.72. The molecule has 0 N–H and O–H groups in total. The lowest BCUT2D eigenvalue weighted by Crippen LogP contribution is -2.42. The molecule has 1 aliphatic heterocycles. The van der Waals surface area contributed by atoms with Gasteiger partial charge in [-0.05, 0) is 0 Å². The minimum absolute atomic E-state index is 0.0728. The number of carbonyl (C=O) groups is 2. The average molecular weight is 180 g/mol. The lowest BCUT2D eigenvalue weighted by Gasteiger charge is -2.29. The maximum Gasteiger partial charge on any atom is 0.236 e. The Kier molecular flexibility index (Phi) is 3.02. The third-order valence-electron chi connectivity index (χ3n) is 2.26. The fraction of sp³-hybridized carbons (Fsp3) is 0.667. The first-order valence-corrected chi connectivity index (χ1v) is 4.32. The molecule has 1 amide bonds. The van der Waals surface area contributed by atoms with Gasteiger partial charge in [-0.1, -0.05) is 6.92 Å². The molecule has 70 valence electrons. The van der Waals surface area contributed by atoms with Crippen LogP contribution < -0.4 is 0 Å². The van der Waals surface area contributed by atoms with Crippen LogP contribution in [0.5, 0.6) is 0 Å². The number of Topliss-reactive ketones (excluding diaryl/α,β-unsaturated/α-hetero) is 1. The van der Waals surface area contributed by atoms with Crippen molar-refractivity contribution in [2.75, 3.05) is 13.1 Å². The van der Waals surface area contributed by atoms with Crippen LogP contribution in [0, 0.1) is 17.2 Å².